The standard InChI is InChI=1S/C19H25N5OS/c1-4-11-24-17(15-7-9-20-10-8-15)21-22-19(24)26-16(14(2)3)18(25)23-12-5-6-13-23/h4,7-10,14,16H,1,5-6,11-13H2,2-3H3. The van der Waals surface area contributed by atoms with E-state index in [9.17, 15) is 4.79 Å². The number of hydrogen-bond acceptors (Lipinski definition) is 5. The van der Waals surface area contributed by atoms with Crippen molar-refractivity contribution in [2.75, 3.05) is 13.1 Å². The molecule has 1 saturated heterocycles. The van der Waals surface area contributed by atoms with Crippen molar-refractivity contribution in [2.45, 2.75) is 43.6 Å². The molecule has 1 amide bonds. The molecule has 7 heteroatoms. The normalized spacial score (nSPS) is 15.4. The number of likely N-dealkylation sites (tertiary alicyclic amines) is 1. The Balaban J connectivity index is 1.88. The second-order valence-electron chi connectivity index (χ2n) is 6.76. The van der Waals surface area contributed by atoms with Gasteiger partial charge < -0.3 is 4.90 Å². The van der Waals surface area contributed by atoms with Crippen LogP contribution in [0.4, 0.5) is 0 Å². The van der Waals surface area contributed by atoms with E-state index in [-0.39, 0.29) is 17.1 Å². The zero-order chi connectivity index (χ0) is 18.5. The maximum atomic E-state index is 13.0. The van der Waals surface area contributed by atoms with Gasteiger partial charge >= 0.3 is 0 Å². The van der Waals surface area contributed by atoms with Crippen molar-refractivity contribution in [2.24, 2.45) is 5.92 Å². The molecule has 2 aromatic heterocycles. The van der Waals surface area contributed by atoms with Gasteiger partial charge in [0.1, 0.15) is 0 Å². The smallest absolute Gasteiger partial charge is 0.236 e. The lowest BCUT2D eigenvalue weighted by Crippen LogP contribution is -2.38. The van der Waals surface area contributed by atoms with E-state index >= 15 is 0 Å². The van der Waals surface area contributed by atoms with E-state index < -0.39 is 0 Å². The van der Waals surface area contributed by atoms with Crippen LogP contribution in [0.15, 0.2) is 42.3 Å². The molecule has 0 spiro atoms. The molecule has 26 heavy (non-hydrogen) atoms. The third-order valence-corrected chi connectivity index (χ3v) is 5.98. The Labute approximate surface area is 158 Å². The molecule has 0 aromatic carbocycles. The molecule has 1 unspecified atom stereocenters. The Morgan fingerprint density at radius 1 is 1.27 bits per heavy atom. The van der Waals surface area contributed by atoms with Crippen LogP contribution < -0.4 is 0 Å². The Morgan fingerprint density at radius 3 is 2.58 bits per heavy atom. The summed E-state index contributed by atoms with van der Waals surface area (Å²) in [4.78, 5) is 19.0. The van der Waals surface area contributed by atoms with Gasteiger partial charge in [-0.2, -0.15) is 0 Å². The van der Waals surface area contributed by atoms with Gasteiger partial charge in [-0.3, -0.25) is 14.3 Å². The van der Waals surface area contributed by atoms with Crippen LogP contribution in [0.25, 0.3) is 11.4 Å². The first kappa shape index (κ1) is 18.6. The van der Waals surface area contributed by atoms with Crippen LogP contribution in [-0.4, -0.2) is 48.9 Å². The summed E-state index contributed by atoms with van der Waals surface area (Å²) in [5, 5.41) is 9.34. The Morgan fingerprint density at radius 2 is 1.96 bits per heavy atom. The Kier molecular flexibility index (Phi) is 6.08. The van der Waals surface area contributed by atoms with Crippen molar-refractivity contribution in [3.63, 3.8) is 0 Å². The summed E-state index contributed by atoms with van der Waals surface area (Å²) in [6.07, 6.45) is 7.50. The molecule has 2 aromatic rings. The molecule has 1 fully saturated rings. The quantitative estimate of drug-likeness (QED) is 0.552. The molecule has 3 rings (SSSR count). The number of carbonyl (C=O) groups excluding carboxylic acids is 1. The van der Waals surface area contributed by atoms with Gasteiger partial charge in [-0.05, 0) is 30.9 Å². The van der Waals surface area contributed by atoms with E-state index in [0.29, 0.717) is 6.54 Å². The van der Waals surface area contributed by atoms with Gasteiger partial charge in [0, 0.05) is 37.6 Å². The summed E-state index contributed by atoms with van der Waals surface area (Å²) in [5.41, 5.74) is 0.952. The predicted molar refractivity (Wildman–Crippen MR) is 104 cm³/mol. The molecule has 138 valence electrons. The van der Waals surface area contributed by atoms with Gasteiger partial charge in [0.25, 0.3) is 0 Å². The van der Waals surface area contributed by atoms with Crippen LogP contribution in [0.2, 0.25) is 0 Å². The minimum absolute atomic E-state index is 0.161. The number of carbonyl (C=O) groups is 1. The molecular weight excluding hydrogens is 346 g/mol. The number of amides is 1. The molecule has 0 radical (unpaired) electrons. The van der Waals surface area contributed by atoms with E-state index in [1.54, 1.807) is 12.4 Å². The van der Waals surface area contributed by atoms with Crippen LogP contribution in [0.1, 0.15) is 26.7 Å². The summed E-state index contributed by atoms with van der Waals surface area (Å²) < 4.78 is 2.01. The third kappa shape index (κ3) is 3.98. The average Bonchev–Trinajstić information content (AvgIpc) is 3.30. The number of nitrogens with zero attached hydrogens (tertiary/aromatic N) is 5. The molecule has 0 aliphatic carbocycles. The van der Waals surface area contributed by atoms with Crippen molar-refractivity contribution >= 4 is 17.7 Å². The number of aromatic nitrogens is 4. The zero-order valence-electron chi connectivity index (χ0n) is 15.3. The molecule has 1 aliphatic heterocycles. The van der Waals surface area contributed by atoms with Crippen LogP contribution in [0, 0.1) is 5.92 Å². The maximum Gasteiger partial charge on any atom is 0.236 e. The lowest BCUT2D eigenvalue weighted by atomic mass is 10.1. The SMILES string of the molecule is C=CCn1c(SC(C(=O)N2CCCC2)C(C)C)nnc1-c1ccncc1. The number of allylic oxidation sites excluding steroid dienone is 1. The van der Waals surface area contributed by atoms with Crippen molar-refractivity contribution in [3.8, 4) is 11.4 Å². The van der Waals surface area contributed by atoms with Gasteiger partial charge in [0.05, 0.1) is 5.25 Å². The highest BCUT2D eigenvalue weighted by Gasteiger charge is 2.31. The third-order valence-electron chi connectivity index (χ3n) is 4.47. The monoisotopic (exact) mass is 371 g/mol. The Bertz CT molecular complexity index is 753. The molecule has 6 nitrogen and oxygen atoms in total. The van der Waals surface area contributed by atoms with E-state index in [2.05, 4.69) is 35.6 Å². The molecule has 1 atom stereocenters. The van der Waals surface area contributed by atoms with Gasteiger partial charge in [-0.25, -0.2) is 0 Å². The minimum atomic E-state index is -0.161. The largest absolute Gasteiger partial charge is 0.342 e. The van der Waals surface area contributed by atoms with Crippen molar-refractivity contribution in [1.82, 2.24) is 24.6 Å². The summed E-state index contributed by atoms with van der Waals surface area (Å²) in [6.45, 7) is 10.3. The minimum Gasteiger partial charge on any atom is -0.342 e. The highest BCUT2D eigenvalue weighted by molar-refractivity contribution is 8.00. The molecular formula is C19H25N5OS. The predicted octanol–water partition coefficient (Wildman–Crippen LogP) is 3.27. The van der Waals surface area contributed by atoms with Crippen molar-refractivity contribution in [1.29, 1.82) is 0 Å². The molecule has 0 saturated carbocycles. The van der Waals surface area contributed by atoms with Gasteiger partial charge in [0.2, 0.25) is 5.91 Å². The fourth-order valence-corrected chi connectivity index (χ4v) is 4.21. The first-order valence-corrected chi connectivity index (χ1v) is 9.89. The maximum absolute atomic E-state index is 13.0. The number of pyridine rings is 1. The lowest BCUT2D eigenvalue weighted by molar-refractivity contribution is -0.130. The topological polar surface area (TPSA) is 63.9 Å². The van der Waals surface area contributed by atoms with Gasteiger partial charge in [-0.1, -0.05) is 31.7 Å². The zero-order valence-corrected chi connectivity index (χ0v) is 16.2. The first-order chi connectivity index (χ1) is 12.6. The van der Waals surface area contributed by atoms with Crippen LogP contribution in [0.5, 0.6) is 0 Å². The fraction of sp³-hybridized carbons (Fsp3) is 0.474. The molecule has 1 aliphatic rings. The summed E-state index contributed by atoms with van der Waals surface area (Å²) >= 11 is 1.51. The Hall–Kier alpha value is -2.15. The van der Waals surface area contributed by atoms with Crippen LogP contribution in [0.3, 0.4) is 0 Å². The molecule has 0 bridgehead atoms. The van der Waals surface area contributed by atoms with Crippen molar-refractivity contribution < 1.29 is 4.79 Å². The second-order valence-corrected chi connectivity index (χ2v) is 7.86. The summed E-state index contributed by atoms with van der Waals surface area (Å²) in [5.74, 6) is 1.19. The summed E-state index contributed by atoms with van der Waals surface area (Å²) in [7, 11) is 0. The highest BCUT2D eigenvalue weighted by atomic mass is 32.2. The fourth-order valence-electron chi connectivity index (χ4n) is 3.09. The number of thioether (sulfide) groups is 1. The molecule has 3 heterocycles. The van der Waals surface area contributed by atoms with E-state index in [1.807, 2.05) is 27.7 Å². The molecule has 0 N–H and O–H groups in total. The lowest BCUT2D eigenvalue weighted by Gasteiger charge is -2.25. The first-order valence-electron chi connectivity index (χ1n) is 9.01. The van der Waals surface area contributed by atoms with E-state index in [1.165, 1.54) is 11.8 Å². The number of rotatable bonds is 7. The average molecular weight is 372 g/mol. The number of hydrogen-bond donors (Lipinski definition) is 0. The highest BCUT2D eigenvalue weighted by Crippen LogP contribution is 2.31. The van der Waals surface area contributed by atoms with Crippen LogP contribution >= 0.6 is 11.8 Å². The van der Waals surface area contributed by atoms with E-state index in [0.717, 1.165) is 42.5 Å². The van der Waals surface area contributed by atoms with Gasteiger partial charge in [0.15, 0.2) is 11.0 Å². The van der Waals surface area contributed by atoms with E-state index in [4.69, 9.17) is 0 Å². The van der Waals surface area contributed by atoms with Crippen molar-refractivity contribution in [3.05, 3.63) is 37.2 Å². The van der Waals surface area contributed by atoms with Gasteiger partial charge in [-0.15, -0.1) is 16.8 Å². The summed E-state index contributed by atoms with van der Waals surface area (Å²) in [6, 6.07) is 3.82. The van der Waals surface area contributed by atoms with Crippen LogP contribution in [-0.2, 0) is 11.3 Å². The second kappa shape index (κ2) is 8.49.